The van der Waals surface area contributed by atoms with Crippen molar-refractivity contribution < 1.29 is 14.7 Å². The number of aromatic nitrogens is 2. The first-order valence-electron chi connectivity index (χ1n) is 6.45. The van der Waals surface area contributed by atoms with E-state index in [0.717, 1.165) is 5.65 Å². The number of aliphatic carboxylic acids is 1. The quantitative estimate of drug-likeness (QED) is 0.894. The zero-order valence-corrected chi connectivity index (χ0v) is 11.1. The highest BCUT2D eigenvalue weighted by molar-refractivity contribution is 5.95. The average Bonchev–Trinajstić information content (AvgIpc) is 3.04. The van der Waals surface area contributed by atoms with Crippen LogP contribution in [0.15, 0.2) is 30.7 Å². The molecule has 2 aromatic heterocycles. The zero-order valence-electron chi connectivity index (χ0n) is 11.1. The fraction of sp³-hybridized carbons (Fsp3) is 0.357. The summed E-state index contributed by atoms with van der Waals surface area (Å²) in [4.78, 5) is 29.4. The molecule has 1 fully saturated rings. The number of pyridine rings is 1. The molecule has 0 unspecified atom stereocenters. The van der Waals surface area contributed by atoms with Crippen molar-refractivity contribution in [2.45, 2.75) is 13.3 Å². The van der Waals surface area contributed by atoms with E-state index < -0.39 is 11.4 Å². The van der Waals surface area contributed by atoms with Crippen molar-refractivity contribution in [3.63, 3.8) is 0 Å². The Morgan fingerprint density at radius 2 is 2.20 bits per heavy atom. The number of fused-ring (bicyclic) bond motifs is 1. The number of carboxylic acids is 1. The van der Waals surface area contributed by atoms with Gasteiger partial charge in [0.05, 0.1) is 11.0 Å². The van der Waals surface area contributed by atoms with Gasteiger partial charge >= 0.3 is 5.97 Å². The van der Waals surface area contributed by atoms with Crippen molar-refractivity contribution >= 4 is 17.5 Å². The Labute approximate surface area is 115 Å². The van der Waals surface area contributed by atoms with Gasteiger partial charge in [-0.1, -0.05) is 0 Å². The summed E-state index contributed by atoms with van der Waals surface area (Å²) in [7, 11) is 0. The Hall–Kier alpha value is -2.37. The molecule has 2 aromatic rings. The summed E-state index contributed by atoms with van der Waals surface area (Å²) in [5.74, 6) is -0.983. The van der Waals surface area contributed by atoms with Gasteiger partial charge in [-0.3, -0.25) is 9.59 Å². The number of hydrogen-bond acceptors (Lipinski definition) is 3. The normalized spacial score (nSPS) is 22.4. The smallest absolute Gasteiger partial charge is 0.311 e. The molecule has 20 heavy (non-hydrogen) atoms. The Morgan fingerprint density at radius 1 is 1.40 bits per heavy atom. The van der Waals surface area contributed by atoms with E-state index in [2.05, 4.69) is 4.98 Å². The molecule has 0 saturated carbocycles. The number of likely N-dealkylation sites (tertiary alicyclic amines) is 1. The van der Waals surface area contributed by atoms with Crippen LogP contribution in [-0.2, 0) is 4.79 Å². The van der Waals surface area contributed by atoms with Crippen molar-refractivity contribution in [2.75, 3.05) is 13.1 Å². The molecule has 1 aliphatic rings. The van der Waals surface area contributed by atoms with E-state index in [4.69, 9.17) is 0 Å². The van der Waals surface area contributed by atoms with Crippen molar-refractivity contribution in [3.8, 4) is 0 Å². The van der Waals surface area contributed by atoms with Crippen molar-refractivity contribution in [1.29, 1.82) is 0 Å². The largest absolute Gasteiger partial charge is 0.481 e. The second-order valence-electron chi connectivity index (χ2n) is 5.45. The van der Waals surface area contributed by atoms with Crippen LogP contribution in [0, 0.1) is 5.41 Å². The van der Waals surface area contributed by atoms with Gasteiger partial charge in [-0.2, -0.15) is 0 Å². The molecule has 0 radical (unpaired) electrons. The van der Waals surface area contributed by atoms with E-state index in [0.29, 0.717) is 18.5 Å². The molecule has 1 aliphatic heterocycles. The van der Waals surface area contributed by atoms with Gasteiger partial charge in [-0.25, -0.2) is 4.98 Å². The van der Waals surface area contributed by atoms with Gasteiger partial charge in [0.2, 0.25) is 0 Å². The number of carbonyl (C=O) groups excluding carboxylic acids is 1. The third-order valence-corrected chi connectivity index (χ3v) is 3.91. The van der Waals surface area contributed by atoms with Crippen LogP contribution in [0.5, 0.6) is 0 Å². The van der Waals surface area contributed by atoms with Gasteiger partial charge in [-0.05, 0) is 25.5 Å². The van der Waals surface area contributed by atoms with E-state index in [9.17, 15) is 14.7 Å². The van der Waals surface area contributed by atoms with Gasteiger partial charge < -0.3 is 14.4 Å². The molecule has 3 heterocycles. The van der Waals surface area contributed by atoms with Crippen molar-refractivity contribution in [2.24, 2.45) is 5.41 Å². The van der Waals surface area contributed by atoms with Crippen LogP contribution in [0.1, 0.15) is 23.7 Å². The lowest BCUT2D eigenvalue weighted by Gasteiger charge is -2.20. The molecule has 1 N–H and O–H groups in total. The van der Waals surface area contributed by atoms with Crippen LogP contribution in [0.25, 0.3) is 5.65 Å². The minimum Gasteiger partial charge on any atom is -0.481 e. The minimum atomic E-state index is -0.849. The maximum Gasteiger partial charge on any atom is 0.311 e. The zero-order chi connectivity index (χ0) is 14.3. The van der Waals surface area contributed by atoms with Gasteiger partial charge in [0.1, 0.15) is 5.65 Å². The van der Waals surface area contributed by atoms with Crippen LogP contribution >= 0.6 is 0 Å². The molecule has 3 rings (SSSR count). The van der Waals surface area contributed by atoms with Crippen LogP contribution < -0.4 is 0 Å². The van der Waals surface area contributed by atoms with E-state index >= 15 is 0 Å². The molecule has 0 bridgehead atoms. The number of carboxylic acid groups (broad SMARTS) is 1. The topological polar surface area (TPSA) is 74.9 Å². The van der Waals surface area contributed by atoms with Crippen molar-refractivity contribution in [1.82, 2.24) is 14.3 Å². The van der Waals surface area contributed by atoms with Gasteiger partial charge in [0, 0.05) is 31.7 Å². The molecule has 0 aliphatic carbocycles. The lowest BCUT2D eigenvalue weighted by Crippen LogP contribution is -2.34. The monoisotopic (exact) mass is 273 g/mol. The average molecular weight is 273 g/mol. The predicted octanol–water partition coefficient (Wildman–Crippen LogP) is 1.27. The second kappa shape index (κ2) is 4.33. The summed E-state index contributed by atoms with van der Waals surface area (Å²) >= 11 is 0. The van der Waals surface area contributed by atoms with Gasteiger partial charge in [0.25, 0.3) is 5.91 Å². The molecule has 6 heteroatoms. The SMILES string of the molecule is C[C@@]1(C(=O)O)CCN(C(=O)c2ccc3nccn3c2)C1. The molecular weight excluding hydrogens is 258 g/mol. The predicted molar refractivity (Wildman–Crippen MR) is 71.5 cm³/mol. The summed E-state index contributed by atoms with van der Waals surface area (Å²) in [5, 5.41) is 9.21. The number of nitrogens with zero attached hydrogens (tertiary/aromatic N) is 3. The fourth-order valence-electron chi connectivity index (χ4n) is 2.54. The first-order valence-corrected chi connectivity index (χ1v) is 6.45. The molecule has 1 amide bonds. The van der Waals surface area contributed by atoms with E-state index in [1.807, 2.05) is 0 Å². The van der Waals surface area contributed by atoms with Gasteiger partial charge in [-0.15, -0.1) is 0 Å². The highest BCUT2D eigenvalue weighted by Crippen LogP contribution is 2.30. The number of hydrogen-bond donors (Lipinski definition) is 1. The fourth-order valence-corrected chi connectivity index (χ4v) is 2.54. The number of amides is 1. The summed E-state index contributed by atoms with van der Waals surface area (Å²) < 4.78 is 1.78. The molecular formula is C14H15N3O3. The third kappa shape index (κ3) is 1.93. The lowest BCUT2D eigenvalue weighted by molar-refractivity contribution is -0.147. The summed E-state index contributed by atoms with van der Waals surface area (Å²) in [6, 6.07) is 3.50. The van der Waals surface area contributed by atoms with Crippen LogP contribution in [0.4, 0.5) is 0 Å². The standard InChI is InChI=1S/C14H15N3O3/c1-14(13(19)20)4-6-17(9-14)12(18)10-2-3-11-15-5-7-16(11)8-10/h2-3,5,7-8H,4,6,9H2,1H3,(H,19,20)/t14-/m1/s1. The van der Waals surface area contributed by atoms with E-state index in [-0.39, 0.29) is 12.5 Å². The molecule has 104 valence electrons. The van der Waals surface area contributed by atoms with Gasteiger partial charge in [0.15, 0.2) is 0 Å². The lowest BCUT2D eigenvalue weighted by atomic mass is 9.90. The number of imidazole rings is 1. The maximum atomic E-state index is 12.4. The van der Waals surface area contributed by atoms with E-state index in [1.54, 1.807) is 46.9 Å². The molecule has 1 atom stereocenters. The number of rotatable bonds is 2. The maximum absolute atomic E-state index is 12.4. The molecule has 1 saturated heterocycles. The second-order valence-corrected chi connectivity index (χ2v) is 5.45. The van der Waals surface area contributed by atoms with Crippen LogP contribution in [0.2, 0.25) is 0 Å². The summed E-state index contributed by atoms with van der Waals surface area (Å²) in [6.45, 7) is 2.41. The highest BCUT2D eigenvalue weighted by atomic mass is 16.4. The summed E-state index contributed by atoms with van der Waals surface area (Å²) in [6.07, 6.45) is 5.65. The molecule has 0 aromatic carbocycles. The highest BCUT2D eigenvalue weighted by Gasteiger charge is 2.42. The molecule has 0 spiro atoms. The first-order chi connectivity index (χ1) is 9.49. The Balaban J connectivity index is 1.84. The Kier molecular flexibility index (Phi) is 2.74. The molecule has 6 nitrogen and oxygen atoms in total. The Morgan fingerprint density at radius 3 is 2.90 bits per heavy atom. The third-order valence-electron chi connectivity index (χ3n) is 3.91. The van der Waals surface area contributed by atoms with Crippen LogP contribution in [0.3, 0.4) is 0 Å². The Bertz CT molecular complexity index is 694. The number of carbonyl (C=O) groups is 2. The first kappa shape index (κ1) is 12.7. The van der Waals surface area contributed by atoms with Crippen molar-refractivity contribution in [3.05, 3.63) is 36.3 Å². The van der Waals surface area contributed by atoms with E-state index in [1.165, 1.54) is 0 Å². The van der Waals surface area contributed by atoms with Crippen LogP contribution in [-0.4, -0.2) is 44.4 Å². The minimum absolute atomic E-state index is 0.134. The summed E-state index contributed by atoms with van der Waals surface area (Å²) in [5.41, 5.74) is 0.484.